The number of rotatable bonds is 4. The van der Waals surface area contributed by atoms with Crippen molar-refractivity contribution in [1.82, 2.24) is 0 Å². The molecule has 20 heavy (non-hydrogen) atoms. The molecule has 0 aromatic heterocycles. The van der Waals surface area contributed by atoms with E-state index in [1.165, 1.54) is 24.3 Å². The Bertz CT molecular complexity index is 648. The maximum atomic E-state index is 12.3. The lowest BCUT2D eigenvalue weighted by Gasteiger charge is -2.03. The van der Waals surface area contributed by atoms with Crippen LogP contribution < -0.4 is 0 Å². The Balaban J connectivity index is 2.41. The average Bonchev–Trinajstić information content (AvgIpc) is 2.46. The lowest BCUT2D eigenvalue weighted by molar-refractivity contribution is 0.103. The number of halogens is 2. The van der Waals surface area contributed by atoms with E-state index in [0.717, 1.165) is 0 Å². The highest BCUT2D eigenvalue weighted by molar-refractivity contribution is 6.68. The monoisotopic (exact) mass is 306 g/mol. The number of carbonyl (C=O) groups excluding carboxylic acids is 3. The molecule has 0 fully saturated rings. The summed E-state index contributed by atoms with van der Waals surface area (Å²) in [6.07, 6.45) is 0. The summed E-state index contributed by atoms with van der Waals surface area (Å²) >= 11 is 10.8. The molecule has 2 aromatic rings. The zero-order chi connectivity index (χ0) is 14.7. The van der Waals surface area contributed by atoms with E-state index < -0.39 is 10.5 Å². The Morgan fingerprint density at radius 1 is 0.650 bits per heavy atom. The van der Waals surface area contributed by atoms with Crippen molar-refractivity contribution >= 4 is 39.5 Å². The van der Waals surface area contributed by atoms with Gasteiger partial charge in [0.25, 0.3) is 10.5 Å². The normalized spacial score (nSPS) is 10.1. The van der Waals surface area contributed by atoms with Gasteiger partial charge in [0, 0.05) is 22.3 Å². The van der Waals surface area contributed by atoms with Crippen LogP contribution in [-0.4, -0.2) is 16.3 Å². The van der Waals surface area contributed by atoms with Gasteiger partial charge in [0.15, 0.2) is 5.78 Å². The molecule has 0 radical (unpaired) electrons. The van der Waals surface area contributed by atoms with Crippen LogP contribution in [0.1, 0.15) is 36.6 Å². The first-order chi connectivity index (χ1) is 9.49. The molecule has 0 atom stereocenters. The molecule has 0 aliphatic heterocycles. The molecular formula is C15H8Cl2O3. The fraction of sp³-hybridized carbons (Fsp3) is 0. The highest BCUT2D eigenvalue weighted by Gasteiger charge is 2.13. The Labute approximate surface area is 125 Å². The predicted octanol–water partition coefficient (Wildman–Crippen LogP) is 3.68. The third-order valence-corrected chi connectivity index (χ3v) is 3.14. The summed E-state index contributed by atoms with van der Waals surface area (Å²) < 4.78 is 0. The number of benzene rings is 2. The molecule has 0 spiro atoms. The van der Waals surface area contributed by atoms with Gasteiger partial charge in [-0.05, 0) is 35.3 Å². The van der Waals surface area contributed by atoms with E-state index in [1.807, 2.05) is 0 Å². The highest BCUT2D eigenvalue weighted by atomic mass is 35.5. The summed E-state index contributed by atoms with van der Waals surface area (Å²) in [5.41, 5.74) is 1.11. The maximum absolute atomic E-state index is 12.3. The molecular weight excluding hydrogens is 299 g/mol. The summed E-state index contributed by atoms with van der Waals surface area (Å²) in [6, 6.07) is 12.1. The Morgan fingerprint density at radius 3 is 1.35 bits per heavy atom. The van der Waals surface area contributed by atoms with Gasteiger partial charge in [-0.2, -0.15) is 0 Å². The molecule has 0 N–H and O–H groups in total. The Morgan fingerprint density at radius 2 is 1.00 bits per heavy atom. The summed E-state index contributed by atoms with van der Waals surface area (Å²) in [4.78, 5) is 34.5. The minimum absolute atomic E-state index is 0.238. The fourth-order valence-corrected chi connectivity index (χ4v) is 1.97. The first kappa shape index (κ1) is 14.4. The molecule has 0 heterocycles. The van der Waals surface area contributed by atoms with E-state index >= 15 is 0 Å². The predicted molar refractivity (Wildman–Crippen MR) is 76.7 cm³/mol. The van der Waals surface area contributed by atoms with Crippen molar-refractivity contribution in [3.05, 3.63) is 70.8 Å². The fourth-order valence-electron chi connectivity index (χ4n) is 1.73. The van der Waals surface area contributed by atoms with Gasteiger partial charge in [0.1, 0.15) is 0 Å². The van der Waals surface area contributed by atoms with Crippen molar-refractivity contribution in [3.63, 3.8) is 0 Å². The SMILES string of the molecule is O=C(Cl)c1cccc(C(=O)c2cccc(C(=O)Cl)c2)c1. The number of carbonyl (C=O) groups is 3. The molecule has 0 bridgehead atoms. The third kappa shape index (κ3) is 3.13. The van der Waals surface area contributed by atoms with E-state index in [9.17, 15) is 14.4 Å². The smallest absolute Gasteiger partial charge is 0.252 e. The standard InChI is InChI=1S/C15H8Cl2O3/c16-14(19)11-5-1-3-9(7-11)13(18)10-4-2-6-12(8-10)15(17)20/h1-8H. The molecule has 2 rings (SSSR count). The Hall–Kier alpha value is -1.97. The second-order valence-corrected chi connectivity index (χ2v) is 4.72. The van der Waals surface area contributed by atoms with Gasteiger partial charge in [-0.3, -0.25) is 14.4 Å². The number of ketones is 1. The first-order valence-electron chi connectivity index (χ1n) is 5.63. The molecule has 0 aliphatic rings. The molecule has 3 nitrogen and oxygen atoms in total. The van der Waals surface area contributed by atoms with Crippen LogP contribution in [0.5, 0.6) is 0 Å². The van der Waals surface area contributed by atoms with E-state index in [2.05, 4.69) is 0 Å². The van der Waals surface area contributed by atoms with Crippen LogP contribution in [0.4, 0.5) is 0 Å². The molecule has 0 saturated heterocycles. The minimum atomic E-state index is -0.635. The first-order valence-corrected chi connectivity index (χ1v) is 6.39. The van der Waals surface area contributed by atoms with Crippen molar-refractivity contribution in [2.45, 2.75) is 0 Å². The van der Waals surface area contributed by atoms with Crippen LogP contribution >= 0.6 is 23.2 Å². The minimum Gasteiger partial charge on any atom is -0.289 e. The van der Waals surface area contributed by atoms with Crippen molar-refractivity contribution < 1.29 is 14.4 Å². The van der Waals surface area contributed by atoms with Crippen LogP contribution in [0.15, 0.2) is 48.5 Å². The third-order valence-electron chi connectivity index (χ3n) is 2.70. The van der Waals surface area contributed by atoms with Gasteiger partial charge in [-0.15, -0.1) is 0 Å². The van der Waals surface area contributed by atoms with Gasteiger partial charge < -0.3 is 0 Å². The topological polar surface area (TPSA) is 51.2 Å². The van der Waals surface area contributed by atoms with Crippen LogP contribution in [-0.2, 0) is 0 Å². The van der Waals surface area contributed by atoms with Crippen LogP contribution in [0.2, 0.25) is 0 Å². The van der Waals surface area contributed by atoms with Crippen molar-refractivity contribution in [2.24, 2.45) is 0 Å². The lowest BCUT2D eigenvalue weighted by Crippen LogP contribution is -2.04. The van der Waals surface area contributed by atoms with Gasteiger partial charge in [-0.1, -0.05) is 36.4 Å². The second kappa shape index (κ2) is 5.99. The summed E-state index contributed by atoms with van der Waals surface area (Å²) in [5, 5.41) is -1.27. The molecule has 2 aromatic carbocycles. The van der Waals surface area contributed by atoms with E-state index in [-0.39, 0.29) is 16.9 Å². The van der Waals surface area contributed by atoms with Crippen LogP contribution in [0, 0.1) is 0 Å². The number of hydrogen-bond acceptors (Lipinski definition) is 3. The summed E-state index contributed by atoms with van der Waals surface area (Å²) in [5.74, 6) is -0.315. The molecule has 0 aliphatic carbocycles. The molecule has 0 unspecified atom stereocenters. The zero-order valence-electron chi connectivity index (χ0n) is 10.1. The molecule has 0 saturated carbocycles. The van der Waals surface area contributed by atoms with Gasteiger partial charge >= 0.3 is 0 Å². The van der Waals surface area contributed by atoms with E-state index in [1.54, 1.807) is 24.3 Å². The van der Waals surface area contributed by atoms with E-state index in [4.69, 9.17) is 23.2 Å². The second-order valence-electron chi connectivity index (χ2n) is 4.04. The quantitative estimate of drug-likeness (QED) is 0.639. The van der Waals surface area contributed by atoms with Gasteiger partial charge in [0.05, 0.1) is 0 Å². The van der Waals surface area contributed by atoms with Crippen molar-refractivity contribution in [1.29, 1.82) is 0 Å². The number of hydrogen-bond donors (Lipinski definition) is 0. The van der Waals surface area contributed by atoms with E-state index in [0.29, 0.717) is 11.1 Å². The maximum Gasteiger partial charge on any atom is 0.252 e. The van der Waals surface area contributed by atoms with Gasteiger partial charge in [-0.25, -0.2) is 0 Å². The lowest BCUT2D eigenvalue weighted by atomic mass is 10.0. The van der Waals surface area contributed by atoms with Gasteiger partial charge in [0.2, 0.25) is 0 Å². The van der Waals surface area contributed by atoms with Crippen LogP contribution in [0.25, 0.3) is 0 Å². The molecule has 0 amide bonds. The van der Waals surface area contributed by atoms with Crippen molar-refractivity contribution in [2.75, 3.05) is 0 Å². The summed E-state index contributed by atoms with van der Waals surface area (Å²) in [7, 11) is 0. The molecule has 5 heteroatoms. The van der Waals surface area contributed by atoms with Crippen LogP contribution in [0.3, 0.4) is 0 Å². The molecule has 100 valence electrons. The largest absolute Gasteiger partial charge is 0.289 e. The Kier molecular flexibility index (Phi) is 4.32. The summed E-state index contributed by atoms with van der Waals surface area (Å²) in [6.45, 7) is 0. The highest BCUT2D eigenvalue weighted by Crippen LogP contribution is 2.15. The zero-order valence-corrected chi connectivity index (χ0v) is 11.6. The van der Waals surface area contributed by atoms with Crippen molar-refractivity contribution in [3.8, 4) is 0 Å². The average molecular weight is 307 g/mol.